The lowest BCUT2D eigenvalue weighted by atomic mass is 10.1. The molecule has 0 aliphatic heterocycles. The molecule has 0 amide bonds. The van der Waals surface area contributed by atoms with Crippen molar-refractivity contribution in [3.8, 4) is 0 Å². The zero-order valence-corrected chi connectivity index (χ0v) is 9.70. The van der Waals surface area contributed by atoms with Crippen LogP contribution >= 0.6 is 0 Å². The van der Waals surface area contributed by atoms with Gasteiger partial charge in [0.2, 0.25) is 0 Å². The largest absolute Gasteiger partial charge is 0.462 e. The maximum Gasteiger partial charge on any atom is 0.341 e. The molecular formula is C13H13FO3. The summed E-state index contributed by atoms with van der Waals surface area (Å²) < 4.78 is 17.7. The molecule has 0 saturated heterocycles. The first-order valence-corrected chi connectivity index (χ1v) is 5.20. The minimum atomic E-state index is -0.690. The lowest BCUT2D eigenvalue weighted by Gasteiger charge is -2.03. The first-order valence-electron chi connectivity index (χ1n) is 5.20. The number of rotatable bonds is 4. The second-order valence-corrected chi connectivity index (χ2v) is 3.39. The van der Waals surface area contributed by atoms with E-state index in [0.29, 0.717) is 5.56 Å². The Morgan fingerprint density at radius 1 is 1.41 bits per heavy atom. The molecule has 1 rings (SSSR count). The first-order chi connectivity index (χ1) is 8.04. The highest BCUT2D eigenvalue weighted by atomic mass is 19.1. The summed E-state index contributed by atoms with van der Waals surface area (Å²) in [6.07, 6.45) is 1.32. The van der Waals surface area contributed by atoms with E-state index in [0.717, 1.165) is 0 Å². The third-order valence-electron chi connectivity index (χ3n) is 2.03. The molecule has 0 spiro atoms. The maximum absolute atomic E-state index is 12.9. The van der Waals surface area contributed by atoms with Crippen molar-refractivity contribution < 1.29 is 18.7 Å². The Labute approximate surface area is 98.9 Å². The van der Waals surface area contributed by atoms with Gasteiger partial charge in [-0.25, -0.2) is 9.18 Å². The normalized spacial score (nSPS) is 11.1. The van der Waals surface area contributed by atoms with Gasteiger partial charge in [-0.3, -0.25) is 4.79 Å². The molecule has 0 aliphatic carbocycles. The molecule has 4 heteroatoms. The van der Waals surface area contributed by atoms with Crippen molar-refractivity contribution in [2.45, 2.75) is 13.8 Å². The predicted octanol–water partition coefficient (Wildman–Crippen LogP) is 2.36. The van der Waals surface area contributed by atoms with E-state index in [1.807, 2.05) is 0 Å². The molecule has 1 aromatic rings. The molecule has 0 bridgehead atoms. The van der Waals surface area contributed by atoms with Gasteiger partial charge in [-0.05, 0) is 37.6 Å². The van der Waals surface area contributed by atoms with Crippen molar-refractivity contribution in [3.63, 3.8) is 0 Å². The average molecular weight is 236 g/mol. The Morgan fingerprint density at radius 3 is 2.65 bits per heavy atom. The van der Waals surface area contributed by atoms with Crippen LogP contribution in [-0.4, -0.2) is 18.4 Å². The SMILES string of the molecule is CCOC(=O)/C(=C\c1cccc(F)c1)C(C)=O. The molecule has 0 fully saturated rings. The molecule has 90 valence electrons. The van der Waals surface area contributed by atoms with Crippen LogP contribution in [0.25, 0.3) is 6.08 Å². The highest BCUT2D eigenvalue weighted by molar-refractivity contribution is 6.19. The topological polar surface area (TPSA) is 43.4 Å². The van der Waals surface area contributed by atoms with E-state index in [-0.39, 0.29) is 12.2 Å². The third kappa shape index (κ3) is 3.83. The number of ether oxygens (including phenoxy) is 1. The van der Waals surface area contributed by atoms with Crippen molar-refractivity contribution >= 4 is 17.8 Å². The van der Waals surface area contributed by atoms with Crippen LogP contribution in [0.15, 0.2) is 29.8 Å². The minimum Gasteiger partial charge on any atom is -0.462 e. The Bertz CT molecular complexity index is 463. The number of ketones is 1. The van der Waals surface area contributed by atoms with E-state index in [4.69, 9.17) is 4.74 Å². The summed E-state index contributed by atoms with van der Waals surface area (Å²) in [5.41, 5.74) is 0.362. The van der Waals surface area contributed by atoms with Crippen molar-refractivity contribution in [2.75, 3.05) is 6.61 Å². The van der Waals surface area contributed by atoms with Gasteiger partial charge >= 0.3 is 5.97 Å². The Morgan fingerprint density at radius 2 is 2.12 bits per heavy atom. The molecule has 0 aromatic heterocycles. The molecule has 0 radical (unpaired) electrons. The fraction of sp³-hybridized carbons (Fsp3) is 0.231. The molecule has 0 heterocycles. The standard InChI is InChI=1S/C13H13FO3/c1-3-17-13(16)12(9(2)15)8-10-5-4-6-11(14)7-10/h4-8H,3H2,1-2H3/b12-8-. The van der Waals surface area contributed by atoms with Crippen molar-refractivity contribution in [1.82, 2.24) is 0 Å². The van der Waals surface area contributed by atoms with Gasteiger partial charge in [-0.15, -0.1) is 0 Å². The lowest BCUT2D eigenvalue weighted by molar-refractivity contribution is -0.139. The highest BCUT2D eigenvalue weighted by Crippen LogP contribution is 2.11. The van der Waals surface area contributed by atoms with Crippen LogP contribution in [0.4, 0.5) is 4.39 Å². The summed E-state index contributed by atoms with van der Waals surface area (Å²) in [5, 5.41) is 0. The van der Waals surface area contributed by atoms with Crippen LogP contribution in [0.3, 0.4) is 0 Å². The molecule has 0 atom stereocenters. The van der Waals surface area contributed by atoms with Crippen LogP contribution in [0, 0.1) is 5.82 Å². The summed E-state index contributed by atoms with van der Waals surface area (Å²) >= 11 is 0. The lowest BCUT2D eigenvalue weighted by Crippen LogP contribution is -2.13. The summed E-state index contributed by atoms with van der Waals surface area (Å²) in [6, 6.07) is 5.63. The molecule has 3 nitrogen and oxygen atoms in total. The van der Waals surface area contributed by atoms with Gasteiger partial charge in [-0.2, -0.15) is 0 Å². The number of Topliss-reactive ketones (excluding diaryl/α,β-unsaturated/α-hetero) is 1. The number of halogens is 1. The van der Waals surface area contributed by atoms with Gasteiger partial charge < -0.3 is 4.74 Å². The molecule has 1 aromatic carbocycles. The van der Waals surface area contributed by atoms with Gasteiger partial charge in [-0.1, -0.05) is 12.1 Å². The molecule has 17 heavy (non-hydrogen) atoms. The van der Waals surface area contributed by atoms with Crippen LogP contribution in [0.1, 0.15) is 19.4 Å². The van der Waals surface area contributed by atoms with Gasteiger partial charge in [0.15, 0.2) is 5.78 Å². The fourth-order valence-electron chi connectivity index (χ4n) is 1.28. The highest BCUT2D eigenvalue weighted by Gasteiger charge is 2.15. The molecular weight excluding hydrogens is 223 g/mol. The molecule has 0 N–H and O–H groups in total. The third-order valence-corrected chi connectivity index (χ3v) is 2.03. The number of carbonyl (C=O) groups is 2. The second-order valence-electron chi connectivity index (χ2n) is 3.39. The maximum atomic E-state index is 12.9. The Balaban J connectivity index is 3.06. The summed E-state index contributed by atoms with van der Waals surface area (Å²) in [7, 11) is 0. The van der Waals surface area contributed by atoms with Crippen molar-refractivity contribution in [3.05, 3.63) is 41.2 Å². The van der Waals surface area contributed by atoms with Crippen molar-refractivity contribution in [1.29, 1.82) is 0 Å². The van der Waals surface area contributed by atoms with E-state index in [1.54, 1.807) is 13.0 Å². The van der Waals surface area contributed by atoms with E-state index in [2.05, 4.69) is 0 Å². The van der Waals surface area contributed by atoms with Gasteiger partial charge in [0, 0.05) is 0 Å². The molecule has 0 saturated carbocycles. The van der Waals surface area contributed by atoms with Gasteiger partial charge in [0.05, 0.1) is 6.61 Å². The number of benzene rings is 1. The van der Waals surface area contributed by atoms with Crippen LogP contribution in [0.2, 0.25) is 0 Å². The number of hydrogen-bond acceptors (Lipinski definition) is 3. The summed E-state index contributed by atoms with van der Waals surface area (Å²) in [4.78, 5) is 22.8. The molecule has 0 aliphatic rings. The Kier molecular flexibility index (Phi) is 4.57. The van der Waals surface area contributed by atoms with Crippen molar-refractivity contribution in [2.24, 2.45) is 0 Å². The van der Waals surface area contributed by atoms with E-state index >= 15 is 0 Å². The first kappa shape index (κ1) is 13.1. The summed E-state index contributed by atoms with van der Waals surface area (Å²) in [5.74, 6) is -1.53. The van der Waals surface area contributed by atoms with Crippen LogP contribution in [-0.2, 0) is 14.3 Å². The second kappa shape index (κ2) is 5.94. The van der Waals surface area contributed by atoms with Crippen LogP contribution < -0.4 is 0 Å². The fourth-order valence-corrected chi connectivity index (χ4v) is 1.28. The monoisotopic (exact) mass is 236 g/mol. The van der Waals surface area contributed by atoms with Crippen LogP contribution in [0.5, 0.6) is 0 Å². The van der Waals surface area contributed by atoms with E-state index in [9.17, 15) is 14.0 Å². The zero-order chi connectivity index (χ0) is 12.8. The predicted molar refractivity (Wildman–Crippen MR) is 61.7 cm³/mol. The number of hydrogen-bond donors (Lipinski definition) is 0. The molecule has 0 unspecified atom stereocenters. The van der Waals surface area contributed by atoms with Gasteiger partial charge in [0.1, 0.15) is 11.4 Å². The van der Waals surface area contributed by atoms with E-state index in [1.165, 1.54) is 31.2 Å². The Hall–Kier alpha value is -1.97. The zero-order valence-electron chi connectivity index (χ0n) is 9.70. The summed E-state index contributed by atoms with van der Waals surface area (Å²) in [6.45, 7) is 3.10. The number of esters is 1. The smallest absolute Gasteiger partial charge is 0.341 e. The number of carbonyl (C=O) groups excluding carboxylic acids is 2. The quantitative estimate of drug-likeness (QED) is 0.349. The van der Waals surface area contributed by atoms with E-state index < -0.39 is 17.6 Å². The van der Waals surface area contributed by atoms with Gasteiger partial charge in [0.25, 0.3) is 0 Å². The minimum absolute atomic E-state index is 0.0857. The average Bonchev–Trinajstić information content (AvgIpc) is 2.26.